The Morgan fingerprint density at radius 2 is 1.67 bits per heavy atom. The zero-order chi connectivity index (χ0) is 12.9. The van der Waals surface area contributed by atoms with Crippen LogP contribution in [0.25, 0.3) is 0 Å². The fourth-order valence-corrected chi connectivity index (χ4v) is 1.10. The molecular formula is C6H13ClNNaO8S. The van der Waals surface area contributed by atoms with Gasteiger partial charge in [0.25, 0.3) is 0 Å². The molecule has 0 amide bonds. The first kappa shape index (κ1) is 23.7. The van der Waals surface area contributed by atoms with Crippen molar-refractivity contribution in [3.63, 3.8) is 0 Å². The molecule has 6 N–H and O–H groups in total. The van der Waals surface area contributed by atoms with E-state index in [1.54, 1.807) is 0 Å². The molecule has 0 spiro atoms. The van der Waals surface area contributed by atoms with Gasteiger partial charge in [0.15, 0.2) is 0 Å². The summed E-state index contributed by atoms with van der Waals surface area (Å²) in [4.78, 5) is 10.1. The summed E-state index contributed by atoms with van der Waals surface area (Å²) >= 11 is 0. The summed E-state index contributed by atoms with van der Waals surface area (Å²) in [5.74, 6) is 0. The van der Waals surface area contributed by atoms with E-state index in [0.29, 0.717) is 0 Å². The fourth-order valence-electron chi connectivity index (χ4n) is 0.790. The van der Waals surface area contributed by atoms with E-state index in [1.807, 2.05) is 0 Å². The van der Waals surface area contributed by atoms with E-state index in [0.717, 1.165) is 0 Å². The van der Waals surface area contributed by atoms with Gasteiger partial charge in [-0.05, 0) is 0 Å². The Morgan fingerprint density at radius 3 is 2.00 bits per heavy atom. The average molecular weight is 318 g/mol. The van der Waals surface area contributed by atoms with Crippen LogP contribution in [-0.2, 0) is 19.4 Å². The zero-order valence-corrected chi connectivity index (χ0v) is 13.0. The summed E-state index contributed by atoms with van der Waals surface area (Å²) in [6.07, 6.45) is -5.35. The first-order valence-electron chi connectivity index (χ1n) is 4.06. The number of aldehydes is 1. The van der Waals surface area contributed by atoms with E-state index in [4.69, 9.17) is 20.5 Å². The van der Waals surface area contributed by atoms with Gasteiger partial charge in [0.1, 0.15) is 24.6 Å². The maximum absolute atomic E-state index is 10.1. The fraction of sp³-hybridized carbons (Fsp3) is 0.833. The summed E-state index contributed by atoms with van der Waals surface area (Å²) in [6.45, 7) is -0.983. The standard InChI is InChI=1S/C6H13NO8S.ClH.Na/c7-3(1-8)5(10)6(11)4(9)2-15-16(12,13)14;;/h1,3-6,9-11H,2,7H2,(H,12,13,14);1H;/q;;+1/p-1/t3-,4+,5+,6+;;/m0../s1. The molecule has 0 aromatic heterocycles. The van der Waals surface area contributed by atoms with Crippen LogP contribution < -0.4 is 47.7 Å². The molecule has 0 saturated heterocycles. The molecule has 0 aromatic carbocycles. The smallest absolute Gasteiger partial charge is 1.00 e. The van der Waals surface area contributed by atoms with Crippen LogP contribution in [0, 0.1) is 0 Å². The van der Waals surface area contributed by atoms with Gasteiger partial charge in [-0.1, -0.05) is 0 Å². The first-order valence-corrected chi connectivity index (χ1v) is 5.42. The number of halogens is 1. The van der Waals surface area contributed by atoms with Gasteiger partial charge in [-0.2, -0.15) is 8.42 Å². The summed E-state index contributed by atoms with van der Waals surface area (Å²) in [7, 11) is -4.76. The molecule has 0 rings (SSSR count). The molecule has 0 bridgehead atoms. The van der Waals surface area contributed by atoms with Crippen LogP contribution in [0.2, 0.25) is 0 Å². The minimum absolute atomic E-state index is 0. The molecule has 0 aliphatic carbocycles. The van der Waals surface area contributed by atoms with Crippen molar-refractivity contribution in [2.45, 2.75) is 24.4 Å². The number of hydrogen-bond donors (Lipinski definition) is 5. The molecule has 0 aromatic rings. The number of carbonyl (C=O) groups is 1. The Morgan fingerprint density at radius 1 is 1.22 bits per heavy atom. The van der Waals surface area contributed by atoms with Gasteiger partial charge in [0.05, 0.1) is 12.6 Å². The number of hydrogen-bond acceptors (Lipinski definition) is 8. The van der Waals surface area contributed by atoms with Gasteiger partial charge < -0.3 is 38.3 Å². The summed E-state index contributed by atoms with van der Waals surface area (Å²) in [6, 6.07) is -1.43. The van der Waals surface area contributed by atoms with E-state index < -0.39 is 41.4 Å². The topological polar surface area (TPSA) is 167 Å². The van der Waals surface area contributed by atoms with Crippen LogP contribution in [-0.4, -0.2) is 65.5 Å². The SMILES string of the molecule is N[C@@H](C=O)[C@@H](O)[C@H](O)[C@H](O)COS(=O)(=O)O.[Cl-].[Na+]. The van der Waals surface area contributed by atoms with Crippen LogP contribution in [0.3, 0.4) is 0 Å². The number of nitrogens with two attached hydrogens (primary N) is 1. The van der Waals surface area contributed by atoms with Crippen LogP contribution >= 0.6 is 0 Å². The van der Waals surface area contributed by atoms with Gasteiger partial charge in [-0.25, -0.2) is 4.18 Å². The minimum atomic E-state index is -4.76. The Balaban J connectivity index is -0.00000112. The average Bonchev–Trinajstić information content (AvgIpc) is 2.21. The van der Waals surface area contributed by atoms with Crippen LogP contribution in [0.15, 0.2) is 0 Å². The molecule has 0 saturated carbocycles. The van der Waals surface area contributed by atoms with Crippen molar-refractivity contribution in [1.29, 1.82) is 0 Å². The van der Waals surface area contributed by atoms with Gasteiger partial charge in [-0.15, -0.1) is 0 Å². The molecule has 18 heavy (non-hydrogen) atoms. The molecule has 0 fully saturated rings. The summed E-state index contributed by atoms with van der Waals surface area (Å²) in [5.41, 5.74) is 5.04. The molecule has 104 valence electrons. The second-order valence-electron chi connectivity index (χ2n) is 2.97. The Hall–Kier alpha value is 0.670. The predicted octanol–water partition coefficient (Wildman–Crippen LogP) is -9.58. The van der Waals surface area contributed by atoms with Crippen molar-refractivity contribution in [3.05, 3.63) is 0 Å². The maximum Gasteiger partial charge on any atom is 1.00 e. The predicted molar refractivity (Wildman–Crippen MR) is 49.6 cm³/mol. The van der Waals surface area contributed by atoms with E-state index in [9.17, 15) is 18.3 Å². The third-order valence-electron chi connectivity index (χ3n) is 1.68. The van der Waals surface area contributed by atoms with E-state index in [-0.39, 0.29) is 48.3 Å². The monoisotopic (exact) mass is 317 g/mol. The Bertz CT molecular complexity index is 328. The van der Waals surface area contributed by atoms with Gasteiger partial charge >= 0.3 is 40.0 Å². The Labute approximate surface area is 132 Å². The van der Waals surface area contributed by atoms with Gasteiger partial charge in [0, 0.05) is 0 Å². The second kappa shape index (κ2) is 10.5. The van der Waals surface area contributed by atoms with Crippen molar-refractivity contribution >= 4 is 16.7 Å². The molecule has 0 radical (unpaired) electrons. The zero-order valence-electron chi connectivity index (χ0n) is 9.38. The van der Waals surface area contributed by atoms with Gasteiger partial charge in [0.2, 0.25) is 0 Å². The van der Waals surface area contributed by atoms with Crippen LogP contribution in [0.4, 0.5) is 0 Å². The van der Waals surface area contributed by atoms with Crippen LogP contribution in [0.1, 0.15) is 0 Å². The van der Waals surface area contributed by atoms with Gasteiger partial charge in [-0.3, -0.25) is 4.55 Å². The molecule has 0 aliphatic heterocycles. The van der Waals surface area contributed by atoms with Crippen molar-refractivity contribution in [2.24, 2.45) is 5.73 Å². The minimum Gasteiger partial charge on any atom is -1.00 e. The third-order valence-corrected chi connectivity index (χ3v) is 2.12. The molecular weight excluding hydrogens is 305 g/mol. The quantitative estimate of drug-likeness (QED) is 0.174. The van der Waals surface area contributed by atoms with Crippen molar-refractivity contribution in [3.8, 4) is 0 Å². The van der Waals surface area contributed by atoms with Crippen molar-refractivity contribution in [1.82, 2.24) is 0 Å². The summed E-state index contributed by atoms with van der Waals surface area (Å²) in [5, 5.41) is 27.5. The largest absolute Gasteiger partial charge is 1.00 e. The third kappa shape index (κ3) is 9.58. The maximum atomic E-state index is 10.1. The molecule has 0 heterocycles. The van der Waals surface area contributed by atoms with E-state index >= 15 is 0 Å². The number of aliphatic hydroxyl groups excluding tert-OH is 3. The van der Waals surface area contributed by atoms with Crippen molar-refractivity contribution in [2.75, 3.05) is 6.61 Å². The van der Waals surface area contributed by atoms with E-state index in [2.05, 4.69) is 4.18 Å². The number of rotatable bonds is 7. The number of carbonyl (C=O) groups excluding carboxylic acids is 1. The number of aliphatic hydroxyl groups is 3. The molecule has 9 nitrogen and oxygen atoms in total. The molecule has 12 heteroatoms. The normalized spacial score (nSPS) is 17.6. The molecule has 4 atom stereocenters. The first-order chi connectivity index (χ1) is 7.19. The van der Waals surface area contributed by atoms with Crippen molar-refractivity contribution < 1.29 is 79.2 Å². The van der Waals surface area contributed by atoms with Crippen LogP contribution in [0.5, 0.6) is 0 Å². The molecule has 0 aliphatic rings. The molecule has 0 unspecified atom stereocenters. The summed E-state index contributed by atoms with van der Waals surface area (Å²) < 4.78 is 32.1. The second-order valence-corrected chi connectivity index (χ2v) is 4.07. The van der Waals surface area contributed by atoms with E-state index in [1.165, 1.54) is 0 Å². The Kier molecular flexibility index (Phi) is 13.8.